The van der Waals surface area contributed by atoms with E-state index in [1.165, 1.54) is 16.8 Å². The molecule has 7 heteroatoms. The van der Waals surface area contributed by atoms with Crippen molar-refractivity contribution in [1.82, 2.24) is 20.2 Å². The van der Waals surface area contributed by atoms with Crippen molar-refractivity contribution in [3.8, 4) is 0 Å². The molecular weight excluding hydrogens is 251 g/mol. The summed E-state index contributed by atoms with van der Waals surface area (Å²) < 4.78 is 19.3. The Labute approximate surface area is 109 Å². The highest BCUT2D eigenvalue weighted by Crippen LogP contribution is 2.12. The number of nitrogens with zero attached hydrogens (tertiary/aromatic N) is 4. The Bertz CT molecular complexity index is 597. The Kier molecular flexibility index (Phi) is 3.84. The van der Waals surface area contributed by atoms with E-state index in [2.05, 4.69) is 15.5 Å². The van der Waals surface area contributed by atoms with Gasteiger partial charge in [-0.15, -0.1) is 5.10 Å². The number of halogens is 1. The van der Waals surface area contributed by atoms with Crippen LogP contribution in [0.5, 0.6) is 0 Å². The van der Waals surface area contributed by atoms with Crippen LogP contribution in [-0.4, -0.2) is 32.8 Å². The Hall–Kier alpha value is -2.31. The molecule has 0 N–H and O–H groups in total. The number of rotatable bonds is 4. The number of esters is 1. The Morgan fingerprint density at radius 1 is 1.47 bits per heavy atom. The molecular formula is C12H13FN4O2. The van der Waals surface area contributed by atoms with Crippen LogP contribution in [0.15, 0.2) is 18.2 Å². The molecule has 0 saturated carbocycles. The molecule has 19 heavy (non-hydrogen) atoms. The number of ether oxygens (including phenoxy) is 1. The van der Waals surface area contributed by atoms with Crippen molar-refractivity contribution in [2.75, 3.05) is 6.61 Å². The number of aromatic nitrogens is 4. The van der Waals surface area contributed by atoms with E-state index in [0.29, 0.717) is 5.56 Å². The van der Waals surface area contributed by atoms with Gasteiger partial charge in [0, 0.05) is 0 Å². The fourth-order valence-electron chi connectivity index (χ4n) is 1.62. The molecule has 100 valence electrons. The van der Waals surface area contributed by atoms with Crippen molar-refractivity contribution in [2.45, 2.75) is 20.4 Å². The van der Waals surface area contributed by atoms with Crippen LogP contribution >= 0.6 is 0 Å². The number of hydrogen-bond donors (Lipinski definition) is 0. The standard InChI is InChI=1S/C12H13FN4O2/c1-3-19-12(18)11-14-15-16-17(11)7-9-6-10(13)5-4-8(9)2/h4-6H,3,7H2,1-2H3. The van der Waals surface area contributed by atoms with Crippen molar-refractivity contribution in [3.63, 3.8) is 0 Å². The zero-order chi connectivity index (χ0) is 13.8. The van der Waals surface area contributed by atoms with Crippen LogP contribution in [0.2, 0.25) is 0 Å². The topological polar surface area (TPSA) is 69.9 Å². The lowest BCUT2D eigenvalue weighted by Crippen LogP contribution is -2.15. The van der Waals surface area contributed by atoms with Gasteiger partial charge in [0.1, 0.15) is 5.82 Å². The molecule has 6 nitrogen and oxygen atoms in total. The van der Waals surface area contributed by atoms with E-state index in [-0.39, 0.29) is 24.8 Å². The first-order chi connectivity index (χ1) is 9.11. The van der Waals surface area contributed by atoms with Crippen molar-refractivity contribution in [2.24, 2.45) is 0 Å². The lowest BCUT2D eigenvalue weighted by molar-refractivity contribution is 0.0505. The van der Waals surface area contributed by atoms with Gasteiger partial charge in [0.25, 0.3) is 5.82 Å². The summed E-state index contributed by atoms with van der Waals surface area (Å²) in [6.45, 7) is 4.00. The molecule has 0 spiro atoms. The first-order valence-corrected chi connectivity index (χ1v) is 5.80. The first kappa shape index (κ1) is 13.1. The van der Waals surface area contributed by atoms with E-state index in [4.69, 9.17) is 4.74 Å². The van der Waals surface area contributed by atoms with Crippen molar-refractivity contribution in [3.05, 3.63) is 41.0 Å². The van der Waals surface area contributed by atoms with Crippen LogP contribution in [-0.2, 0) is 11.3 Å². The number of aryl methyl sites for hydroxylation is 1. The number of benzene rings is 1. The largest absolute Gasteiger partial charge is 0.460 e. The van der Waals surface area contributed by atoms with E-state index < -0.39 is 5.97 Å². The van der Waals surface area contributed by atoms with Crippen LogP contribution in [0.25, 0.3) is 0 Å². The molecule has 0 amide bonds. The molecule has 0 fully saturated rings. The fraction of sp³-hybridized carbons (Fsp3) is 0.333. The molecule has 0 aliphatic heterocycles. The van der Waals surface area contributed by atoms with E-state index in [1.807, 2.05) is 6.92 Å². The Morgan fingerprint density at radius 3 is 3.00 bits per heavy atom. The molecule has 0 saturated heterocycles. The number of tetrazole rings is 1. The SMILES string of the molecule is CCOC(=O)c1nnnn1Cc1cc(F)ccc1C. The monoisotopic (exact) mass is 264 g/mol. The molecule has 0 aliphatic rings. The molecule has 0 bridgehead atoms. The van der Waals surface area contributed by atoms with Gasteiger partial charge in [-0.25, -0.2) is 13.9 Å². The predicted octanol–water partition coefficient (Wildman–Crippen LogP) is 1.35. The Morgan fingerprint density at radius 2 is 2.26 bits per heavy atom. The van der Waals surface area contributed by atoms with E-state index in [0.717, 1.165) is 5.56 Å². The molecule has 2 rings (SSSR count). The molecule has 0 unspecified atom stereocenters. The van der Waals surface area contributed by atoms with Crippen molar-refractivity contribution < 1.29 is 13.9 Å². The van der Waals surface area contributed by atoms with Crippen LogP contribution in [0.4, 0.5) is 4.39 Å². The zero-order valence-corrected chi connectivity index (χ0v) is 10.6. The maximum absolute atomic E-state index is 13.2. The van der Waals surface area contributed by atoms with Gasteiger partial charge in [-0.2, -0.15) is 0 Å². The summed E-state index contributed by atoms with van der Waals surface area (Å²) in [6, 6.07) is 4.44. The quantitative estimate of drug-likeness (QED) is 0.779. The van der Waals surface area contributed by atoms with Gasteiger partial charge in [0.05, 0.1) is 13.2 Å². The molecule has 0 aliphatic carbocycles. The minimum atomic E-state index is -0.596. The third-order valence-corrected chi connectivity index (χ3v) is 2.62. The summed E-state index contributed by atoms with van der Waals surface area (Å²) in [5.74, 6) is -0.932. The highest BCUT2D eigenvalue weighted by molar-refractivity contribution is 5.85. The van der Waals surface area contributed by atoms with Gasteiger partial charge in [-0.3, -0.25) is 0 Å². The third-order valence-electron chi connectivity index (χ3n) is 2.62. The lowest BCUT2D eigenvalue weighted by atomic mass is 10.1. The van der Waals surface area contributed by atoms with Gasteiger partial charge >= 0.3 is 5.97 Å². The van der Waals surface area contributed by atoms with Crippen molar-refractivity contribution >= 4 is 5.97 Å². The first-order valence-electron chi connectivity index (χ1n) is 5.80. The van der Waals surface area contributed by atoms with E-state index >= 15 is 0 Å². The second-order valence-electron chi connectivity index (χ2n) is 3.95. The average Bonchev–Trinajstić information content (AvgIpc) is 2.82. The smallest absolute Gasteiger partial charge is 0.378 e. The summed E-state index contributed by atoms with van der Waals surface area (Å²) in [6.07, 6.45) is 0. The van der Waals surface area contributed by atoms with Gasteiger partial charge < -0.3 is 4.74 Å². The average molecular weight is 264 g/mol. The number of carbonyl (C=O) groups excluding carboxylic acids is 1. The lowest BCUT2D eigenvalue weighted by Gasteiger charge is -2.07. The predicted molar refractivity (Wildman–Crippen MR) is 64.0 cm³/mol. The normalized spacial score (nSPS) is 10.5. The number of carbonyl (C=O) groups is 1. The molecule has 0 radical (unpaired) electrons. The van der Waals surface area contributed by atoms with Gasteiger partial charge in [-0.05, 0) is 47.5 Å². The summed E-state index contributed by atoms with van der Waals surface area (Å²) in [7, 11) is 0. The van der Waals surface area contributed by atoms with Gasteiger partial charge in [-0.1, -0.05) is 6.07 Å². The summed E-state index contributed by atoms with van der Waals surface area (Å²) in [4.78, 5) is 11.6. The highest BCUT2D eigenvalue weighted by Gasteiger charge is 2.17. The van der Waals surface area contributed by atoms with Crippen LogP contribution in [0, 0.1) is 12.7 Å². The van der Waals surface area contributed by atoms with Crippen LogP contribution < -0.4 is 0 Å². The molecule has 1 heterocycles. The Balaban J connectivity index is 2.26. The maximum atomic E-state index is 13.2. The second kappa shape index (κ2) is 5.55. The molecule has 0 atom stereocenters. The summed E-state index contributed by atoms with van der Waals surface area (Å²) in [5, 5.41) is 10.8. The molecule has 1 aromatic carbocycles. The molecule has 1 aromatic heterocycles. The zero-order valence-electron chi connectivity index (χ0n) is 10.6. The van der Waals surface area contributed by atoms with Crippen LogP contribution in [0.3, 0.4) is 0 Å². The van der Waals surface area contributed by atoms with E-state index in [1.54, 1.807) is 13.0 Å². The molecule has 2 aromatic rings. The van der Waals surface area contributed by atoms with Crippen molar-refractivity contribution in [1.29, 1.82) is 0 Å². The highest BCUT2D eigenvalue weighted by atomic mass is 19.1. The third kappa shape index (κ3) is 2.93. The summed E-state index contributed by atoms with van der Waals surface area (Å²) in [5.41, 5.74) is 1.60. The van der Waals surface area contributed by atoms with Crippen LogP contribution in [0.1, 0.15) is 28.7 Å². The van der Waals surface area contributed by atoms with Gasteiger partial charge in [0.15, 0.2) is 0 Å². The second-order valence-corrected chi connectivity index (χ2v) is 3.95. The maximum Gasteiger partial charge on any atom is 0.378 e. The van der Waals surface area contributed by atoms with E-state index in [9.17, 15) is 9.18 Å². The fourth-order valence-corrected chi connectivity index (χ4v) is 1.62. The number of hydrogen-bond acceptors (Lipinski definition) is 5. The summed E-state index contributed by atoms with van der Waals surface area (Å²) >= 11 is 0. The van der Waals surface area contributed by atoms with Gasteiger partial charge in [0.2, 0.25) is 0 Å². The minimum absolute atomic E-state index is 0.00510. The minimum Gasteiger partial charge on any atom is -0.460 e.